The molecule has 0 aliphatic rings. The van der Waals surface area contributed by atoms with Gasteiger partial charge in [-0.15, -0.1) is 0 Å². The Labute approximate surface area is 124 Å². The summed E-state index contributed by atoms with van der Waals surface area (Å²) in [5.41, 5.74) is 12.8. The van der Waals surface area contributed by atoms with Gasteiger partial charge in [-0.1, -0.05) is 15.9 Å². The summed E-state index contributed by atoms with van der Waals surface area (Å²) in [7, 11) is 0. The molecule has 5 N–H and O–H groups in total. The highest BCUT2D eigenvalue weighted by Crippen LogP contribution is 2.17. The molecule has 0 saturated carbocycles. The highest BCUT2D eigenvalue weighted by Gasteiger charge is 2.11. The number of carbonyl (C=O) groups excluding carboxylic acids is 1. The zero-order chi connectivity index (χ0) is 14.7. The Balaban J connectivity index is 2.10. The second-order valence-electron chi connectivity index (χ2n) is 4.27. The molecule has 0 saturated heterocycles. The van der Waals surface area contributed by atoms with Crippen LogP contribution in [0.3, 0.4) is 0 Å². The minimum atomic E-state index is -0.376. The number of nitrogens with two attached hydrogens (primary N) is 2. The Morgan fingerprint density at radius 3 is 2.65 bits per heavy atom. The summed E-state index contributed by atoms with van der Waals surface area (Å²) in [4.78, 5) is 12.0. The van der Waals surface area contributed by atoms with Gasteiger partial charge < -0.3 is 16.8 Å². The van der Waals surface area contributed by atoms with Crippen LogP contribution in [0.15, 0.2) is 40.9 Å². The van der Waals surface area contributed by atoms with Crippen LogP contribution < -0.4 is 16.8 Å². The van der Waals surface area contributed by atoms with Gasteiger partial charge in [-0.25, -0.2) is 4.39 Å². The van der Waals surface area contributed by atoms with Gasteiger partial charge in [-0.3, -0.25) is 4.79 Å². The predicted molar refractivity (Wildman–Crippen MR) is 80.5 cm³/mol. The van der Waals surface area contributed by atoms with E-state index in [4.69, 9.17) is 11.5 Å². The molecule has 6 heteroatoms. The highest BCUT2D eigenvalue weighted by atomic mass is 79.9. The van der Waals surface area contributed by atoms with Gasteiger partial charge in [-0.05, 0) is 36.4 Å². The van der Waals surface area contributed by atoms with Gasteiger partial charge >= 0.3 is 0 Å². The van der Waals surface area contributed by atoms with Gasteiger partial charge in [0.15, 0.2) is 0 Å². The highest BCUT2D eigenvalue weighted by molar-refractivity contribution is 9.10. The van der Waals surface area contributed by atoms with Crippen LogP contribution in [-0.2, 0) is 6.54 Å². The predicted octanol–water partition coefficient (Wildman–Crippen LogP) is 2.68. The standard InChI is InChI=1S/C14H13BrFN3O/c15-9-1-4-12(16)8(5-9)7-19-14(20)11-3-2-10(17)6-13(11)18/h1-6H,7,17-18H2,(H,19,20). The fourth-order valence-corrected chi connectivity index (χ4v) is 2.15. The molecule has 0 fully saturated rings. The summed E-state index contributed by atoms with van der Waals surface area (Å²) in [6.45, 7) is 0.0773. The van der Waals surface area contributed by atoms with E-state index in [1.807, 2.05) is 0 Å². The zero-order valence-electron chi connectivity index (χ0n) is 10.5. The van der Waals surface area contributed by atoms with Crippen LogP contribution in [0.25, 0.3) is 0 Å². The lowest BCUT2D eigenvalue weighted by molar-refractivity contribution is 0.0951. The Bertz CT molecular complexity index is 661. The first-order chi connectivity index (χ1) is 9.47. The topological polar surface area (TPSA) is 81.1 Å². The monoisotopic (exact) mass is 337 g/mol. The first kappa shape index (κ1) is 14.3. The first-order valence-corrected chi connectivity index (χ1v) is 6.64. The molecule has 104 valence electrons. The number of benzene rings is 2. The number of anilines is 2. The van der Waals surface area contributed by atoms with Crippen molar-refractivity contribution in [2.45, 2.75) is 6.54 Å². The maximum atomic E-state index is 13.5. The Hall–Kier alpha value is -2.08. The Kier molecular flexibility index (Phi) is 4.24. The number of hydrogen-bond donors (Lipinski definition) is 3. The molecule has 0 aromatic heterocycles. The average molecular weight is 338 g/mol. The van der Waals surface area contributed by atoms with Crippen LogP contribution >= 0.6 is 15.9 Å². The number of rotatable bonds is 3. The molecule has 2 rings (SSSR count). The summed E-state index contributed by atoms with van der Waals surface area (Å²) in [5, 5.41) is 2.62. The van der Waals surface area contributed by atoms with Crippen molar-refractivity contribution in [1.29, 1.82) is 0 Å². The van der Waals surface area contributed by atoms with Crippen LogP contribution in [-0.4, -0.2) is 5.91 Å². The summed E-state index contributed by atoms with van der Waals surface area (Å²) < 4.78 is 14.3. The van der Waals surface area contributed by atoms with Crippen LogP contribution in [0.1, 0.15) is 15.9 Å². The molecule has 2 aromatic carbocycles. The van der Waals surface area contributed by atoms with Gasteiger partial charge in [0, 0.05) is 28.0 Å². The molecule has 4 nitrogen and oxygen atoms in total. The van der Waals surface area contributed by atoms with E-state index < -0.39 is 0 Å². The molecule has 2 aromatic rings. The van der Waals surface area contributed by atoms with Gasteiger partial charge in [0.25, 0.3) is 5.91 Å². The lowest BCUT2D eigenvalue weighted by atomic mass is 10.1. The number of halogens is 2. The number of carbonyl (C=O) groups is 1. The van der Waals surface area contributed by atoms with Gasteiger partial charge in [0.2, 0.25) is 0 Å². The fourth-order valence-electron chi connectivity index (χ4n) is 1.74. The normalized spacial score (nSPS) is 10.3. The van der Waals surface area contributed by atoms with E-state index in [2.05, 4.69) is 21.2 Å². The van der Waals surface area contributed by atoms with Crippen molar-refractivity contribution in [2.24, 2.45) is 0 Å². The van der Waals surface area contributed by atoms with E-state index >= 15 is 0 Å². The van der Waals surface area contributed by atoms with E-state index in [-0.39, 0.29) is 24.0 Å². The lowest BCUT2D eigenvalue weighted by Gasteiger charge is -2.09. The second-order valence-corrected chi connectivity index (χ2v) is 5.18. The SMILES string of the molecule is Nc1ccc(C(=O)NCc2cc(Br)ccc2F)c(N)c1. The summed E-state index contributed by atoms with van der Waals surface area (Å²) >= 11 is 3.25. The van der Waals surface area contributed by atoms with Gasteiger partial charge in [0.05, 0.1) is 5.56 Å². The zero-order valence-corrected chi connectivity index (χ0v) is 12.1. The Morgan fingerprint density at radius 1 is 1.20 bits per heavy atom. The van der Waals surface area contributed by atoms with Crippen molar-refractivity contribution < 1.29 is 9.18 Å². The maximum Gasteiger partial charge on any atom is 0.253 e. The van der Waals surface area contributed by atoms with E-state index in [0.29, 0.717) is 16.8 Å². The van der Waals surface area contributed by atoms with Crippen LogP contribution in [0.4, 0.5) is 15.8 Å². The van der Waals surface area contributed by atoms with Crippen LogP contribution in [0.2, 0.25) is 0 Å². The third-order valence-corrected chi connectivity index (χ3v) is 3.26. The van der Waals surface area contributed by atoms with Crippen molar-refractivity contribution in [3.63, 3.8) is 0 Å². The quantitative estimate of drug-likeness (QED) is 0.753. The third kappa shape index (κ3) is 3.27. The van der Waals surface area contributed by atoms with E-state index in [1.54, 1.807) is 18.2 Å². The molecule has 20 heavy (non-hydrogen) atoms. The Morgan fingerprint density at radius 2 is 1.95 bits per heavy atom. The molecular weight excluding hydrogens is 325 g/mol. The average Bonchev–Trinajstić information content (AvgIpc) is 2.39. The molecule has 0 aliphatic carbocycles. The smallest absolute Gasteiger partial charge is 0.253 e. The fraction of sp³-hybridized carbons (Fsp3) is 0.0714. The van der Waals surface area contributed by atoms with Gasteiger partial charge in [0.1, 0.15) is 5.82 Å². The minimum Gasteiger partial charge on any atom is -0.399 e. The number of nitrogen functional groups attached to an aromatic ring is 2. The molecular formula is C14H13BrFN3O. The summed E-state index contributed by atoms with van der Waals surface area (Å²) in [6.07, 6.45) is 0. The summed E-state index contributed by atoms with van der Waals surface area (Å²) in [6, 6.07) is 9.18. The van der Waals surface area contributed by atoms with Crippen molar-refractivity contribution in [3.05, 3.63) is 57.8 Å². The molecule has 0 radical (unpaired) electrons. The van der Waals surface area contributed by atoms with E-state index in [9.17, 15) is 9.18 Å². The number of amides is 1. The van der Waals surface area contributed by atoms with Crippen LogP contribution in [0.5, 0.6) is 0 Å². The van der Waals surface area contributed by atoms with Crippen molar-refractivity contribution in [2.75, 3.05) is 11.5 Å². The molecule has 0 atom stereocenters. The van der Waals surface area contributed by atoms with Crippen molar-refractivity contribution >= 4 is 33.2 Å². The molecule has 0 heterocycles. The lowest BCUT2D eigenvalue weighted by Crippen LogP contribution is -2.24. The molecule has 0 spiro atoms. The molecule has 0 unspecified atom stereocenters. The maximum absolute atomic E-state index is 13.5. The first-order valence-electron chi connectivity index (χ1n) is 5.84. The number of hydrogen-bond acceptors (Lipinski definition) is 3. The second kappa shape index (κ2) is 5.92. The molecule has 1 amide bonds. The third-order valence-electron chi connectivity index (χ3n) is 2.77. The van der Waals surface area contributed by atoms with Gasteiger partial charge in [-0.2, -0.15) is 0 Å². The molecule has 0 aliphatic heterocycles. The number of nitrogens with one attached hydrogen (secondary N) is 1. The largest absolute Gasteiger partial charge is 0.399 e. The van der Waals surface area contributed by atoms with Crippen molar-refractivity contribution in [1.82, 2.24) is 5.32 Å². The summed E-state index contributed by atoms with van der Waals surface area (Å²) in [5.74, 6) is -0.749. The van der Waals surface area contributed by atoms with Crippen LogP contribution in [0, 0.1) is 5.82 Å². The minimum absolute atomic E-state index is 0.0773. The van der Waals surface area contributed by atoms with E-state index in [0.717, 1.165) is 4.47 Å². The van der Waals surface area contributed by atoms with Crippen molar-refractivity contribution in [3.8, 4) is 0 Å². The van der Waals surface area contributed by atoms with E-state index in [1.165, 1.54) is 18.2 Å². The molecule has 0 bridgehead atoms.